The number of aliphatic hydroxyl groups excluding tert-OH is 1. The topological polar surface area (TPSA) is 76.3 Å². The molecule has 1 atom stereocenters. The Kier molecular flexibility index (Phi) is 4.94. The second-order valence-corrected chi connectivity index (χ2v) is 2.29. The van der Waals surface area contributed by atoms with Crippen molar-refractivity contribution in [1.29, 1.82) is 0 Å². The molecule has 1 rings (SSSR count). The Morgan fingerprint density at radius 2 is 2.31 bits per heavy atom. The van der Waals surface area contributed by atoms with Crippen LogP contribution < -0.4 is 0 Å². The molecule has 6 heteroatoms. The molecule has 0 saturated carbocycles. The second-order valence-electron chi connectivity index (χ2n) is 2.29. The standard InChI is InChI=1S/C7H8N2O3.ClH/c10-7(5-9(11)12)6-3-1-2-4-8-6;/h1-4,7,10H,5H2;1H. The van der Waals surface area contributed by atoms with Gasteiger partial charge in [-0.3, -0.25) is 15.1 Å². The summed E-state index contributed by atoms with van der Waals surface area (Å²) in [5, 5.41) is 19.2. The van der Waals surface area contributed by atoms with E-state index in [0.717, 1.165) is 0 Å². The molecule has 0 aliphatic carbocycles. The van der Waals surface area contributed by atoms with Crippen LogP contribution in [0.25, 0.3) is 0 Å². The molecule has 1 aromatic rings. The zero-order valence-electron chi connectivity index (χ0n) is 6.66. The fourth-order valence-corrected chi connectivity index (χ4v) is 0.808. The number of halogens is 1. The van der Waals surface area contributed by atoms with Gasteiger partial charge in [-0.05, 0) is 12.1 Å². The minimum absolute atomic E-state index is 0. The van der Waals surface area contributed by atoms with Crippen molar-refractivity contribution in [1.82, 2.24) is 4.98 Å². The first-order valence-corrected chi connectivity index (χ1v) is 3.41. The van der Waals surface area contributed by atoms with E-state index < -0.39 is 17.6 Å². The predicted octanol–water partition coefficient (Wildman–Crippen LogP) is 0.813. The third-order valence-corrected chi connectivity index (χ3v) is 1.35. The molecule has 1 heterocycles. The number of rotatable bonds is 3. The normalized spacial score (nSPS) is 11.5. The molecule has 72 valence electrons. The summed E-state index contributed by atoms with van der Waals surface area (Å²) in [4.78, 5) is 13.2. The van der Waals surface area contributed by atoms with Crippen LogP contribution in [0.3, 0.4) is 0 Å². The number of aromatic nitrogens is 1. The molecular weight excluding hydrogens is 196 g/mol. The smallest absolute Gasteiger partial charge is 0.235 e. The molecule has 13 heavy (non-hydrogen) atoms. The van der Waals surface area contributed by atoms with Gasteiger partial charge >= 0.3 is 0 Å². The van der Waals surface area contributed by atoms with Crippen molar-refractivity contribution in [3.63, 3.8) is 0 Å². The van der Waals surface area contributed by atoms with E-state index in [9.17, 15) is 15.2 Å². The lowest BCUT2D eigenvalue weighted by molar-refractivity contribution is -0.491. The lowest BCUT2D eigenvalue weighted by Crippen LogP contribution is -2.12. The van der Waals surface area contributed by atoms with Crippen LogP contribution in [0.2, 0.25) is 0 Å². The number of hydrogen-bond donors (Lipinski definition) is 1. The molecular formula is C7H9ClN2O3. The van der Waals surface area contributed by atoms with Crippen LogP contribution in [0.4, 0.5) is 0 Å². The van der Waals surface area contributed by atoms with Gasteiger partial charge in [0.25, 0.3) is 0 Å². The molecule has 0 fully saturated rings. The molecule has 1 aromatic heterocycles. The summed E-state index contributed by atoms with van der Waals surface area (Å²) in [6.07, 6.45) is 0.375. The Balaban J connectivity index is 0.00000144. The summed E-state index contributed by atoms with van der Waals surface area (Å²) >= 11 is 0. The van der Waals surface area contributed by atoms with Gasteiger partial charge in [-0.25, -0.2) is 0 Å². The number of nitro groups is 1. The third-order valence-electron chi connectivity index (χ3n) is 1.35. The molecule has 5 nitrogen and oxygen atoms in total. The average Bonchev–Trinajstić information content (AvgIpc) is 2.05. The lowest BCUT2D eigenvalue weighted by Gasteiger charge is -2.03. The lowest BCUT2D eigenvalue weighted by atomic mass is 10.2. The highest BCUT2D eigenvalue weighted by Gasteiger charge is 2.14. The van der Waals surface area contributed by atoms with Crippen LogP contribution in [-0.2, 0) is 0 Å². The minimum Gasteiger partial charge on any atom is -0.380 e. The van der Waals surface area contributed by atoms with E-state index in [1.807, 2.05) is 0 Å². The zero-order chi connectivity index (χ0) is 8.97. The predicted molar refractivity (Wildman–Crippen MR) is 48.3 cm³/mol. The summed E-state index contributed by atoms with van der Waals surface area (Å²) in [7, 11) is 0. The molecule has 1 N–H and O–H groups in total. The van der Waals surface area contributed by atoms with Gasteiger partial charge in [0, 0.05) is 11.1 Å². The average molecular weight is 205 g/mol. The van der Waals surface area contributed by atoms with Crippen LogP contribution in [0.1, 0.15) is 11.8 Å². The summed E-state index contributed by atoms with van der Waals surface area (Å²) in [6, 6.07) is 4.90. The van der Waals surface area contributed by atoms with Crippen LogP contribution in [0.15, 0.2) is 24.4 Å². The number of aliphatic hydroxyl groups is 1. The maximum Gasteiger partial charge on any atom is 0.235 e. The number of nitrogens with zero attached hydrogens (tertiary/aromatic N) is 2. The highest BCUT2D eigenvalue weighted by atomic mass is 35.5. The van der Waals surface area contributed by atoms with Crippen molar-refractivity contribution in [2.75, 3.05) is 6.54 Å². The van der Waals surface area contributed by atoms with Crippen molar-refractivity contribution in [3.05, 3.63) is 40.2 Å². The second kappa shape index (κ2) is 5.45. The largest absolute Gasteiger partial charge is 0.380 e. The first kappa shape index (κ1) is 11.8. The van der Waals surface area contributed by atoms with E-state index >= 15 is 0 Å². The maximum absolute atomic E-state index is 10.0. The van der Waals surface area contributed by atoms with Gasteiger partial charge in [0.15, 0.2) is 6.10 Å². The Labute approximate surface area is 81.0 Å². The summed E-state index contributed by atoms with van der Waals surface area (Å²) in [5.41, 5.74) is 0.328. The van der Waals surface area contributed by atoms with Crippen molar-refractivity contribution in [3.8, 4) is 0 Å². The van der Waals surface area contributed by atoms with Crippen LogP contribution in [0.5, 0.6) is 0 Å². The van der Waals surface area contributed by atoms with Crippen molar-refractivity contribution >= 4 is 12.4 Å². The van der Waals surface area contributed by atoms with E-state index in [1.54, 1.807) is 18.2 Å². The van der Waals surface area contributed by atoms with Crippen LogP contribution in [0, 0.1) is 10.1 Å². The molecule has 0 aromatic carbocycles. The third kappa shape index (κ3) is 3.82. The van der Waals surface area contributed by atoms with Crippen molar-refractivity contribution < 1.29 is 10.0 Å². The molecule has 0 radical (unpaired) electrons. The highest BCUT2D eigenvalue weighted by molar-refractivity contribution is 5.85. The molecule has 0 spiro atoms. The maximum atomic E-state index is 10.0. The van der Waals surface area contributed by atoms with Crippen molar-refractivity contribution in [2.24, 2.45) is 0 Å². The highest BCUT2D eigenvalue weighted by Crippen LogP contribution is 2.07. The molecule has 1 unspecified atom stereocenters. The number of pyridine rings is 1. The summed E-state index contributed by atoms with van der Waals surface area (Å²) < 4.78 is 0. The Morgan fingerprint density at radius 3 is 2.77 bits per heavy atom. The first-order valence-electron chi connectivity index (χ1n) is 3.41. The quantitative estimate of drug-likeness (QED) is 0.584. The minimum atomic E-state index is -1.11. The van der Waals surface area contributed by atoms with Gasteiger partial charge in [0.05, 0.1) is 5.69 Å². The summed E-state index contributed by atoms with van der Waals surface area (Å²) in [5.74, 6) is 0. The Hall–Kier alpha value is -1.20. The van der Waals surface area contributed by atoms with E-state index in [1.165, 1.54) is 6.20 Å². The fourth-order valence-electron chi connectivity index (χ4n) is 0.808. The molecule has 0 saturated heterocycles. The summed E-state index contributed by atoms with van der Waals surface area (Å²) in [6.45, 7) is -0.503. The van der Waals surface area contributed by atoms with E-state index in [0.29, 0.717) is 5.69 Å². The van der Waals surface area contributed by atoms with E-state index in [2.05, 4.69) is 4.98 Å². The van der Waals surface area contributed by atoms with Crippen LogP contribution >= 0.6 is 12.4 Å². The first-order chi connectivity index (χ1) is 5.70. The van der Waals surface area contributed by atoms with Crippen LogP contribution in [-0.4, -0.2) is 21.6 Å². The van der Waals surface area contributed by atoms with Gasteiger partial charge in [-0.2, -0.15) is 0 Å². The van der Waals surface area contributed by atoms with E-state index in [-0.39, 0.29) is 12.4 Å². The van der Waals surface area contributed by atoms with Gasteiger partial charge < -0.3 is 5.11 Å². The fraction of sp³-hybridized carbons (Fsp3) is 0.286. The van der Waals surface area contributed by atoms with E-state index in [4.69, 9.17) is 0 Å². The molecule has 0 aliphatic heterocycles. The van der Waals surface area contributed by atoms with Gasteiger partial charge in [-0.15, -0.1) is 12.4 Å². The SMILES string of the molecule is Cl.O=[N+]([O-])CC(O)c1ccccn1. The zero-order valence-corrected chi connectivity index (χ0v) is 7.48. The van der Waals surface area contributed by atoms with Gasteiger partial charge in [0.1, 0.15) is 0 Å². The molecule has 0 bridgehead atoms. The Morgan fingerprint density at radius 1 is 1.62 bits per heavy atom. The molecule has 0 amide bonds. The molecule has 0 aliphatic rings. The number of hydrogen-bond acceptors (Lipinski definition) is 4. The van der Waals surface area contributed by atoms with Gasteiger partial charge in [0.2, 0.25) is 6.54 Å². The monoisotopic (exact) mass is 204 g/mol. The van der Waals surface area contributed by atoms with Gasteiger partial charge in [-0.1, -0.05) is 6.07 Å². The van der Waals surface area contributed by atoms with Crippen molar-refractivity contribution in [2.45, 2.75) is 6.10 Å². The Bertz CT molecular complexity index is 268.